The van der Waals surface area contributed by atoms with Gasteiger partial charge in [-0.05, 0) is 49.2 Å². The fraction of sp³-hybridized carbons (Fsp3) is 0.182. The molecular weight excluding hydrogens is 402 g/mol. The Morgan fingerprint density at radius 3 is 2.74 bits per heavy atom. The zero-order valence-corrected chi connectivity index (χ0v) is 17.2. The van der Waals surface area contributed by atoms with Crippen LogP contribution in [-0.2, 0) is 4.79 Å². The SMILES string of the molecule is COc1cc([N+](=O)[O-])ccc1-c1ccc(/C=N\NC(=O)COc2cccc(C)c2C)o1. The third-order valence-corrected chi connectivity index (χ3v) is 4.58. The van der Waals surface area contributed by atoms with Gasteiger partial charge in [0.15, 0.2) is 6.61 Å². The van der Waals surface area contributed by atoms with E-state index in [9.17, 15) is 14.9 Å². The number of benzene rings is 2. The number of hydrazone groups is 1. The topological polar surface area (TPSA) is 116 Å². The monoisotopic (exact) mass is 423 g/mol. The molecule has 0 saturated carbocycles. The van der Waals surface area contributed by atoms with E-state index < -0.39 is 10.8 Å². The Morgan fingerprint density at radius 2 is 2.00 bits per heavy atom. The van der Waals surface area contributed by atoms with Crippen molar-refractivity contribution in [3.63, 3.8) is 0 Å². The molecule has 0 spiro atoms. The van der Waals surface area contributed by atoms with Crippen LogP contribution in [0.15, 0.2) is 58.0 Å². The van der Waals surface area contributed by atoms with Gasteiger partial charge in [0.2, 0.25) is 0 Å². The molecule has 0 aliphatic carbocycles. The number of aryl methyl sites for hydroxylation is 1. The summed E-state index contributed by atoms with van der Waals surface area (Å²) < 4.78 is 16.4. The first-order valence-electron chi connectivity index (χ1n) is 9.32. The number of rotatable bonds is 8. The maximum atomic E-state index is 11.9. The molecule has 1 heterocycles. The molecule has 0 unspecified atom stereocenters. The lowest BCUT2D eigenvalue weighted by atomic mass is 10.1. The van der Waals surface area contributed by atoms with E-state index in [0.717, 1.165) is 11.1 Å². The highest BCUT2D eigenvalue weighted by atomic mass is 16.6. The minimum Gasteiger partial charge on any atom is -0.496 e. The summed E-state index contributed by atoms with van der Waals surface area (Å²) in [6, 6.07) is 13.2. The number of nitro groups is 1. The Morgan fingerprint density at radius 1 is 1.19 bits per heavy atom. The lowest BCUT2D eigenvalue weighted by Crippen LogP contribution is -2.24. The van der Waals surface area contributed by atoms with Crippen molar-refractivity contribution >= 4 is 17.8 Å². The third-order valence-electron chi connectivity index (χ3n) is 4.58. The molecule has 9 heteroatoms. The van der Waals surface area contributed by atoms with Crippen LogP contribution in [0.4, 0.5) is 5.69 Å². The standard InChI is InChI=1S/C22H21N3O6/c1-14-5-4-6-19(15(14)2)30-13-22(26)24-23-12-17-8-10-20(31-17)18-9-7-16(25(27)28)11-21(18)29-3/h4-12H,13H2,1-3H3,(H,24,26)/b23-12-. The highest BCUT2D eigenvalue weighted by Crippen LogP contribution is 2.34. The van der Waals surface area contributed by atoms with Crippen molar-refractivity contribution in [1.82, 2.24) is 5.43 Å². The number of hydrogen-bond acceptors (Lipinski definition) is 7. The molecule has 0 aliphatic heterocycles. The van der Waals surface area contributed by atoms with Crippen molar-refractivity contribution in [2.45, 2.75) is 13.8 Å². The Labute approximate surface area is 178 Å². The van der Waals surface area contributed by atoms with E-state index in [0.29, 0.717) is 28.6 Å². The van der Waals surface area contributed by atoms with Crippen LogP contribution in [0.5, 0.6) is 11.5 Å². The number of methoxy groups -OCH3 is 1. The van der Waals surface area contributed by atoms with Gasteiger partial charge in [-0.25, -0.2) is 5.43 Å². The Hall–Kier alpha value is -4.14. The lowest BCUT2D eigenvalue weighted by Gasteiger charge is -2.09. The molecule has 0 radical (unpaired) electrons. The number of amides is 1. The molecule has 3 rings (SSSR count). The van der Waals surface area contributed by atoms with Gasteiger partial charge >= 0.3 is 0 Å². The number of hydrogen-bond donors (Lipinski definition) is 1. The summed E-state index contributed by atoms with van der Waals surface area (Å²) in [7, 11) is 1.42. The van der Waals surface area contributed by atoms with Gasteiger partial charge in [0.1, 0.15) is 23.0 Å². The van der Waals surface area contributed by atoms with Gasteiger partial charge in [0.05, 0.1) is 29.9 Å². The zero-order chi connectivity index (χ0) is 22.4. The van der Waals surface area contributed by atoms with Crippen LogP contribution < -0.4 is 14.9 Å². The quantitative estimate of drug-likeness (QED) is 0.332. The fourth-order valence-electron chi connectivity index (χ4n) is 2.79. The number of non-ortho nitro benzene ring substituents is 1. The summed E-state index contributed by atoms with van der Waals surface area (Å²) in [6.07, 6.45) is 1.34. The second-order valence-electron chi connectivity index (χ2n) is 6.62. The van der Waals surface area contributed by atoms with E-state index in [1.807, 2.05) is 26.0 Å². The molecule has 0 bridgehead atoms. The molecule has 2 aromatic carbocycles. The first kappa shape index (κ1) is 21.6. The van der Waals surface area contributed by atoms with Gasteiger partial charge in [0, 0.05) is 6.07 Å². The summed E-state index contributed by atoms with van der Waals surface area (Å²) in [6.45, 7) is 3.72. The van der Waals surface area contributed by atoms with Crippen molar-refractivity contribution < 1.29 is 23.6 Å². The third kappa shape index (κ3) is 5.27. The van der Waals surface area contributed by atoms with Crippen molar-refractivity contribution in [3.8, 4) is 22.8 Å². The molecule has 0 saturated heterocycles. The van der Waals surface area contributed by atoms with Crippen LogP contribution >= 0.6 is 0 Å². The van der Waals surface area contributed by atoms with Crippen molar-refractivity contribution in [2.24, 2.45) is 5.10 Å². The molecule has 9 nitrogen and oxygen atoms in total. The number of carbonyl (C=O) groups excluding carboxylic acids is 1. The molecule has 31 heavy (non-hydrogen) atoms. The number of carbonyl (C=O) groups is 1. The van der Waals surface area contributed by atoms with E-state index in [1.165, 1.54) is 25.5 Å². The Kier molecular flexibility index (Phi) is 6.66. The average Bonchev–Trinajstić information content (AvgIpc) is 3.23. The molecule has 1 aromatic heterocycles. The minimum atomic E-state index is -0.501. The van der Waals surface area contributed by atoms with Crippen LogP contribution in [0.2, 0.25) is 0 Å². The number of nitrogens with zero attached hydrogens (tertiary/aromatic N) is 2. The number of furan rings is 1. The van der Waals surface area contributed by atoms with Gasteiger partial charge in [-0.2, -0.15) is 5.10 Å². The van der Waals surface area contributed by atoms with E-state index in [1.54, 1.807) is 24.3 Å². The lowest BCUT2D eigenvalue weighted by molar-refractivity contribution is -0.384. The van der Waals surface area contributed by atoms with Crippen LogP contribution in [0.3, 0.4) is 0 Å². The molecule has 160 valence electrons. The van der Waals surface area contributed by atoms with E-state index in [-0.39, 0.29) is 12.3 Å². The first-order chi connectivity index (χ1) is 14.9. The second-order valence-corrected chi connectivity index (χ2v) is 6.62. The number of nitrogens with one attached hydrogen (secondary N) is 1. The smallest absolute Gasteiger partial charge is 0.277 e. The predicted octanol–water partition coefficient (Wildman–Crippen LogP) is 4.01. The molecule has 1 N–H and O–H groups in total. The molecule has 0 atom stereocenters. The summed E-state index contributed by atoms with van der Waals surface area (Å²) >= 11 is 0. The van der Waals surface area contributed by atoms with E-state index >= 15 is 0 Å². The van der Waals surface area contributed by atoms with Gasteiger partial charge in [0.25, 0.3) is 11.6 Å². The molecule has 0 fully saturated rings. The normalized spacial score (nSPS) is 10.8. The number of ether oxygens (including phenoxy) is 2. The van der Waals surface area contributed by atoms with Gasteiger partial charge in [-0.1, -0.05) is 12.1 Å². The molecular formula is C22H21N3O6. The minimum absolute atomic E-state index is 0.0836. The number of nitro benzene ring substituents is 1. The maximum absolute atomic E-state index is 11.9. The van der Waals surface area contributed by atoms with Gasteiger partial charge < -0.3 is 13.9 Å². The first-order valence-corrected chi connectivity index (χ1v) is 9.32. The Bertz CT molecular complexity index is 1140. The van der Waals surface area contributed by atoms with Crippen LogP contribution in [0, 0.1) is 24.0 Å². The van der Waals surface area contributed by atoms with Crippen LogP contribution in [-0.4, -0.2) is 30.8 Å². The summed E-state index contributed by atoms with van der Waals surface area (Å²) in [5, 5.41) is 14.8. The highest BCUT2D eigenvalue weighted by Gasteiger charge is 2.15. The summed E-state index contributed by atoms with van der Waals surface area (Å²) in [5.41, 5.74) is 4.90. The van der Waals surface area contributed by atoms with Crippen molar-refractivity contribution in [3.05, 3.63) is 75.5 Å². The average molecular weight is 423 g/mol. The molecule has 1 amide bonds. The molecule has 3 aromatic rings. The van der Waals surface area contributed by atoms with Gasteiger partial charge in [-0.3, -0.25) is 14.9 Å². The van der Waals surface area contributed by atoms with E-state index in [2.05, 4.69) is 10.5 Å². The summed E-state index contributed by atoms with van der Waals surface area (Å²) in [5.74, 6) is 1.36. The second kappa shape index (κ2) is 9.57. The van der Waals surface area contributed by atoms with E-state index in [4.69, 9.17) is 13.9 Å². The highest BCUT2D eigenvalue weighted by molar-refractivity contribution is 5.82. The molecule has 0 aliphatic rings. The summed E-state index contributed by atoms with van der Waals surface area (Å²) in [4.78, 5) is 22.4. The van der Waals surface area contributed by atoms with Gasteiger partial charge in [-0.15, -0.1) is 0 Å². The largest absolute Gasteiger partial charge is 0.496 e. The van der Waals surface area contributed by atoms with Crippen molar-refractivity contribution in [2.75, 3.05) is 13.7 Å². The Balaban J connectivity index is 1.60. The zero-order valence-electron chi connectivity index (χ0n) is 17.2. The van der Waals surface area contributed by atoms with Crippen molar-refractivity contribution in [1.29, 1.82) is 0 Å². The predicted molar refractivity (Wildman–Crippen MR) is 114 cm³/mol. The van der Waals surface area contributed by atoms with Crippen LogP contribution in [0.25, 0.3) is 11.3 Å². The maximum Gasteiger partial charge on any atom is 0.277 e. The van der Waals surface area contributed by atoms with Crippen LogP contribution in [0.1, 0.15) is 16.9 Å². The fourth-order valence-corrected chi connectivity index (χ4v) is 2.79.